The van der Waals surface area contributed by atoms with Crippen LogP contribution in [0.2, 0.25) is 0 Å². The second-order valence-corrected chi connectivity index (χ2v) is 5.26. The number of alkyl halides is 1. The zero-order valence-electron chi connectivity index (χ0n) is 8.28. The number of halogens is 1. The molecule has 0 rings (SSSR count). The standard InChI is InChI=1S/C9H18BrNO/c1-5-7(10)6-11-8(12)9(2,3)4/h7H,5-6H2,1-4H3,(H,11,12). The first kappa shape index (κ1) is 11.9. The Balaban J connectivity index is 3.73. The van der Waals surface area contributed by atoms with Crippen molar-refractivity contribution in [1.29, 1.82) is 0 Å². The van der Waals surface area contributed by atoms with Crippen molar-refractivity contribution in [1.82, 2.24) is 5.32 Å². The van der Waals surface area contributed by atoms with Gasteiger partial charge in [0.1, 0.15) is 0 Å². The SMILES string of the molecule is CCC(Br)CNC(=O)C(C)(C)C. The van der Waals surface area contributed by atoms with E-state index in [0.29, 0.717) is 11.4 Å². The molecule has 0 heterocycles. The Labute approximate surface area is 83.2 Å². The molecule has 0 aliphatic carbocycles. The lowest BCUT2D eigenvalue weighted by atomic mass is 9.96. The number of hydrogen-bond acceptors (Lipinski definition) is 1. The predicted octanol–water partition coefficient (Wildman–Crippen LogP) is 2.32. The molecule has 12 heavy (non-hydrogen) atoms. The number of rotatable bonds is 3. The van der Waals surface area contributed by atoms with Crippen molar-refractivity contribution in [2.24, 2.45) is 5.41 Å². The van der Waals surface area contributed by atoms with E-state index < -0.39 is 0 Å². The molecule has 3 heteroatoms. The number of amides is 1. The molecule has 0 saturated carbocycles. The van der Waals surface area contributed by atoms with Gasteiger partial charge in [-0.15, -0.1) is 0 Å². The molecule has 0 saturated heterocycles. The van der Waals surface area contributed by atoms with Gasteiger partial charge in [0.25, 0.3) is 0 Å². The maximum atomic E-state index is 11.4. The zero-order chi connectivity index (χ0) is 9.78. The van der Waals surface area contributed by atoms with Gasteiger partial charge in [-0.1, -0.05) is 43.6 Å². The lowest BCUT2D eigenvalue weighted by molar-refractivity contribution is -0.128. The molecule has 0 aliphatic heterocycles. The molecule has 1 unspecified atom stereocenters. The summed E-state index contributed by atoms with van der Waals surface area (Å²) in [4.78, 5) is 11.7. The van der Waals surface area contributed by atoms with Gasteiger partial charge in [0.05, 0.1) is 0 Å². The Morgan fingerprint density at radius 1 is 1.50 bits per heavy atom. The summed E-state index contributed by atoms with van der Waals surface area (Å²) in [5, 5.41) is 2.89. The van der Waals surface area contributed by atoms with E-state index >= 15 is 0 Å². The van der Waals surface area contributed by atoms with Crippen molar-refractivity contribution < 1.29 is 4.79 Å². The van der Waals surface area contributed by atoms with Gasteiger partial charge >= 0.3 is 0 Å². The van der Waals surface area contributed by atoms with Gasteiger partial charge in [-0.25, -0.2) is 0 Å². The van der Waals surface area contributed by atoms with Gasteiger partial charge < -0.3 is 5.32 Å². The molecule has 0 aromatic rings. The minimum Gasteiger partial charge on any atom is -0.355 e. The van der Waals surface area contributed by atoms with Gasteiger partial charge in [-0.05, 0) is 6.42 Å². The third kappa shape index (κ3) is 4.75. The Bertz CT molecular complexity index is 151. The Morgan fingerprint density at radius 2 is 2.00 bits per heavy atom. The van der Waals surface area contributed by atoms with Crippen molar-refractivity contribution >= 4 is 21.8 Å². The highest BCUT2D eigenvalue weighted by Gasteiger charge is 2.20. The van der Waals surface area contributed by atoms with E-state index in [2.05, 4.69) is 28.2 Å². The smallest absolute Gasteiger partial charge is 0.225 e. The quantitative estimate of drug-likeness (QED) is 0.748. The summed E-state index contributed by atoms with van der Waals surface area (Å²) >= 11 is 3.46. The number of carbonyl (C=O) groups is 1. The molecule has 0 spiro atoms. The van der Waals surface area contributed by atoms with E-state index in [1.165, 1.54) is 0 Å². The van der Waals surface area contributed by atoms with Crippen LogP contribution in [-0.4, -0.2) is 17.3 Å². The fourth-order valence-corrected chi connectivity index (χ4v) is 0.775. The zero-order valence-corrected chi connectivity index (χ0v) is 9.86. The molecule has 0 radical (unpaired) electrons. The summed E-state index contributed by atoms with van der Waals surface area (Å²) in [7, 11) is 0. The predicted molar refractivity (Wildman–Crippen MR) is 55.5 cm³/mol. The average Bonchev–Trinajstić information content (AvgIpc) is 1.97. The van der Waals surface area contributed by atoms with Crippen molar-refractivity contribution in [2.75, 3.05) is 6.54 Å². The van der Waals surface area contributed by atoms with Crippen LogP contribution in [0.1, 0.15) is 34.1 Å². The van der Waals surface area contributed by atoms with Crippen LogP contribution in [0.3, 0.4) is 0 Å². The molecule has 72 valence electrons. The highest BCUT2D eigenvalue weighted by Crippen LogP contribution is 2.12. The van der Waals surface area contributed by atoms with Crippen LogP contribution in [0.4, 0.5) is 0 Å². The van der Waals surface area contributed by atoms with Gasteiger partial charge in [0, 0.05) is 16.8 Å². The first-order valence-corrected chi connectivity index (χ1v) is 5.22. The van der Waals surface area contributed by atoms with Crippen LogP contribution < -0.4 is 5.32 Å². The fourth-order valence-electron chi connectivity index (χ4n) is 0.613. The Kier molecular flexibility index (Phi) is 4.83. The van der Waals surface area contributed by atoms with E-state index in [1.54, 1.807) is 0 Å². The maximum Gasteiger partial charge on any atom is 0.225 e. The first-order chi connectivity index (χ1) is 5.38. The van der Waals surface area contributed by atoms with Crippen molar-refractivity contribution in [2.45, 2.75) is 38.9 Å². The van der Waals surface area contributed by atoms with Gasteiger partial charge in [-0.2, -0.15) is 0 Å². The largest absolute Gasteiger partial charge is 0.355 e. The second-order valence-electron chi connectivity index (χ2n) is 3.97. The maximum absolute atomic E-state index is 11.4. The van der Waals surface area contributed by atoms with Gasteiger partial charge in [0.2, 0.25) is 5.91 Å². The van der Waals surface area contributed by atoms with Crippen LogP contribution in [0.15, 0.2) is 0 Å². The summed E-state index contributed by atoms with van der Waals surface area (Å²) in [6.45, 7) is 8.54. The molecule has 0 aromatic heterocycles. The van der Waals surface area contributed by atoms with E-state index in [4.69, 9.17) is 0 Å². The van der Waals surface area contributed by atoms with Crippen LogP contribution in [-0.2, 0) is 4.79 Å². The van der Waals surface area contributed by atoms with E-state index in [0.717, 1.165) is 6.42 Å². The lowest BCUT2D eigenvalue weighted by Gasteiger charge is -2.18. The van der Waals surface area contributed by atoms with Crippen LogP contribution >= 0.6 is 15.9 Å². The lowest BCUT2D eigenvalue weighted by Crippen LogP contribution is -2.37. The summed E-state index contributed by atoms with van der Waals surface area (Å²) in [5.74, 6) is 0.111. The van der Waals surface area contributed by atoms with E-state index in [-0.39, 0.29) is 11.3 Å². The third-order valence-corrected chi connectivity index (χ3v) is 2.58. The highest BCUT2D eigenvalue weighted by molar-refractivity contribution is 9.09. The molecular weight excluding hydrogens is 218 g/mol. The average molecular weight is 236 g/mol. The van der Waals surface area contributed by atoms with E-state index in [9.17, 15) is 4.79 Å². The molecule has 0 fully saturated rings. The molecular formula is C9H18BrNO. The molecule has 1 atom stereocenters. The molecule has 1 N–H and O–H groups in total. The van der Waals surface area contributed by atoms with Gasteiger partial charge in [-0.3, -0.25) is 4.79 Å². The highest BCUT2D eigenvalue weighted by atomic mass is 79.9. The number of hydrogen-bond donors (Lipinski definition) is 1. The first-order valence-electron chi connectivity index (χ1n) is 4.30. The molecule has 2 nitrogen and oxygen atoms in total. The van der Waals surface area contributed by atoms with Crippen molar-refractivity contribution in [3.05, 3.63) is 0 Å². The topological polar surface area (TPSA) is 29.1 Å². The third-order valence-electron chi connectivity index (χ3n) is 1.61. The monoisotopic (exact) mass is 235 g/mol. The van der Waals surface area contributed by atoms with Crippen LogP contribution in [0, 0.1) is 5.41 Å². The Hall–Kier alpha value is -0.0500. The van der Waals surface area contributed by atoms with Crippen LogP contribution in [0.5, 0.6) is 0 Å². The summed E-state index contributed by atoms with van der Waals surface area (Å²) in [6, 6.07) is 0. The molecule has 0 aliphatic rings. The van der Waals surface area contributed by atoms with Crippen molar-refractivity contribution in [3.63, 3.8) is 0 Å². The summed E-state index contributed by atoms with van der Waals surface area (Å²) < 4.78 is 0. The number of carbonyl (C=O) groups excluding carboxylic acids is 1. The molecule has 1 amide bonds. The van der Waals surface area contributed by atoms with Crippen LogP contribution in [0.25, 0.3) is 0 Å². The van der Waals surface area contributed by atoms with Gasteiger partial charge in [0.15, 0.2) is 0 Å². The normalized spacial score (nSPS) is 14.1. The summed E-state index contributed by atoms with van der Waals surface area (Å²) in [6.07, 6.45) is 1.03. The minimum absolute atomic E-state index is 0.111. The Morgan fingerprint density at radius 3 is 2.33 bits per heavy atom. The van der Waals surface area contributed by atoms with E-state index in [1.807, 2.05) is 20.8 Å². The fraction of sp³-hybridized carbons (Fsp3) is 0.889. The second kappa shape index (κ2) is 4.85. The molecule has 0 aromatic carbocycles. The minimum atomic E-state index is -0.277. The number of nitrogens with one attached hydrogen (secondary N) is 1. The van der Waals surface area contributed by atoms with Crippen molar-refractivity contribution in [3.8, 4) is 0 Å². The summed E-state index contributed by atoms with van der Waals surface area (Å²) in [5.41, 5.74) is -0.277. The molecule has 0 bridgehead atoms.